The highest BCUT2D eigenvalue weighted by molar-refractivity contribution is 9.09. The summed E-state index contributed by atoms with van der Waals surface area (Å²) in [7, 11) is 0. The van der Waals surface area contributed by atoms with E-state index >= 15 is 0 Å². The van der Waals surface area contributed by atoms with Gasteiger partial charge in [-0.2, -0.15) is 0 Å². The van der Waals surface area contributed by atoms with Crippen molar-refractivity contribution in [3.05, 3.63) is 35.4 Å². The van der Waals surface area contributed by atoms with Gasteiger partial charge in [-0.15, -0.1) is 0 Å². The number of aryl methyl sites for hydroxylation is 1. The van der Waals surface area contributed by atoms with Gasteiger partial charge in [0.2, 0.25) is 0 Å². The first-order valence-electron chi connectivity index (χ1n) is 5.10. The van der Waals surface area contributed by atoms with Gasteiger partial charge in [-0.25, -0.2) is 0 Å². The molecule has 2 atom stereocenters. The Kier molecular flexibility index (Phi) is 3.24. The van der Waals surface area contributed by atoms with Gasteiger partial charge in [-0.3, -0.25) is 0 Å². The molecule has 1 heterocycles. The highest BCUT2D eigenvalue weighted by Crippen LogP contribution is 2.35. The topological polar surface area (TPSA) is 9.23 Å². The van der Waals surface area contributed by atoms with Crippen LogP contribution in [0.5, 0.6) is 0 Å². The van der Waals surface area contributed by atoms with Gasteiger partial charge in [-0.05, 0) is 30.9 Å². The lowest BCUT2D eigenvalue weighted by molar-refractivity contribution is 0.110. The molecule has 0 unspecified atom stereocenters. The Bertz CT molecular complexity index is 305. The van der Waals surface area contributed by atoms with Gasteiger partial charge in [0.1, 0.15) is 0 Å². The number of alkyl halides is 1. The van der Waals surface area contributed by atoms with E-state index < -0.39 is 0 Å². The molecule has 76 valence electrons. The van der Waals surface area contributed by atoms with Crippen molar-refractivity contribution in [2.45, 2.75) is 30.7 Å². The molecule has 0 bridgehead atoms. The van der Waals surface area contributed by atoms with Gasteiger partial charge < -0.3 is 4.74 Å². The molecule has 1 aliphatic rings. The summed E-state index contributed by atoms with van der Waals surface area (Å²) in [6.45, 7) is 3.07. The van der Waals surface area contributed by atoms with Crippen LogP contribution >= 0.6 is 15.9 Å². The van der Waals surface area contributed by atoms with Crippen LogP contribution in [0.2, 0.25) is 0 Å². The zero-order valence-corrected chi connectivity index (χ0v) is 9.96. The SMILES string of the molecule is Cc1ccccc1[C@@H](Br)[C@H]1CCCO1. The van der Waals surface area contributed by atoms with E-state index in [1.165, 1.54) is 24.0 Å². The minimum absolute atomic E-state index is 0.353. The first kappa shape index (κ1) is 10.2. The molecule has 0 aliphatic carbocycles. The average molecular weight is 255 g/mol. The summed E-state index contributed by atoms with van der Waals surface area (Å²) in [5.74, 6) is 0. The Balaban J connectivity index is 2.17. The summed E-state index contributed by atoms with van der Waals surface area (Å²) >= 11 is 3.74. The lowest BCUT2D eigenvalue weighted by Gasteiger charge is -2.18. The number of hydrogen-bond acceptors (Lipinski definition) is 1. The Morgan fingerprint density at radius 3 is 2.86 bits per heavy atom. The van der Waals surface area contributed by atoms with Crippen LogP contribution in [0.3, 0.4) is 0 Å². The molecule has 1 aliphatic heterocycles. The molecule has 2 heteroatoms. The molecule has 0 N–H and O–H groups in total. The molecule has 0 spiro atoms. The Morgan fingerprint density at radius 1 is 1.43 bits per heavy atom. The van der Waals surface area contributed by atoms with Crippen molar-refractivity contribution in [3.63, 3.8) is 0 Å². The van der Waals surface area contributed by atoms with Gasteiger partial charge >= 0.3 is 0 Å². The van der Waals surface area contributed by atoms with Crippen LogP contribution in [0, 0.1) is 6.92 Å². The van der Waals surface area contributed by atoms with Crippen LogP contribution in [-0.2, 0) is 4.74 Å². The van der Waals surface area contributed by atoms with E-state index in [1.54, 1.807) is 0 Å². The molecule has 1 saturated heterocycles. The van der Waals surface area contributed by atoms with E-state index in [1.807, 2.05) is 0 Å². The predicted octanol–water partition coefficient (Wildman–Crippen LogP) is 3.61. The molecule has 0 saturated carbocycles. The average Bonchev–Trinajstić information content (AvgIpc) is 2.70. The van der Waals surface area contributed by atoms with Gasteiger partial charge in [0.05, 0.1) is 10.9 Å². The van der Waals surface area contributed by atoms with Crippen molar-refractivity contribution in [3.8, 4) is 0 Å². The van der Waals surface area contributed by atoms with E-state index in [2.05, 4.69) is 47.1 Å². The van der Waals surface area contributed by atoms with Crippen molar-refractivity contribution < 1.29 is 4.74 Å². The maximum absolute atomic E-state index is 5.68. The first-order chi connectivity index (χ1) is 6.79. The van der Waals surface area contributed by atoms with E-state index in [0.29, 0.717) is 10.9 Å². The number of rotatable bonds is 2. The molecule has 2 rings (SSSR count). The van der Waals surface area contributed by atoms with E-state index in [9.17, 15) is 0 Å². The number of ether oxygens (including phenoxy) is 1. The Hall–Kier alpha value is -0.340. The first-order valence-corrected chi connectivity index (χ1v) is 6.02. The summed E-state index contributed by atoms with van der Waals surface area (Å²) in [6, 6.07) is 8.49. The summed E-state index contributed by atoms with van der Waals surface area (Å²) < 4.78 is 5.68. The minimum atomic E-state index is 0.353. The Labute approximate surface area is 93.6 Å². The molecular weight excluding hydrogens is 240 g/mol. The third-order valence-electron chi connectivity index (χ3n) is 2.78. The quantitative estimate of drug-likeness (QED) is 0.733. The van der Waals surface area contributed by atoms with Gasteiger partial charge in [-0.1, -0.05) is 40.2 Å². The normalized spacial score (nSPS) is 23.7. The standard InChI is InChI=1S/C12H15BrO/c1-9-5-2-3-6-10(9)12(13)11-7-4-8-14-11/h2-3,5-6,11-12H,4,7-8H2,1H3/t11-,12-/m1/s1. The smallest absolute Gasteiger partial charge is 0.0741 e. The fourth-order valence-corrected chi connectivity index (χ4v) is 2.86. The maximum atomic E-state index is 5.68. The van der Waals surface area contributed by atoms with Gasteiger partial charge in [0, 0.05) is 6.61 Å². The molecule has 1 aromatic rings. The molecule has 0 amide bonds. The van der Waals surface area contributed by atoms with Crippen LogP contribution < -0.4 is 0 Å². The molecule has 0 radical (unpaired) electrons. The second-order valence-corrected chi connectivity index (χ2v) is 4.80. The van der Waals surface area contributed by atoms with Crippen LogP contribution in [-0.4, -0.2) is 12.7 Å². The third-order valence-corrected chi connectivity index (χ3v) is 3.86. The van der Waals surface area contributed by atoms with Crippen LogP contribution in [0.1, 0.15) is 28.8 Å². The molecule has 14 heavy (non-hydrogen) atoms. The fourth-order valence-electron chi connectivity index (χ4n) is 1.93. The number of halogens is 1. The Morgan fingerprint density at radius 2 is 2.21 bits per heavy atom. The predicted molar refractivity (Wildman–Crippen MR) is 61.8 cm³/mol. The lowest BCUT2D eigenvalue weighted by Crippen LogP contribution is -2.13. The molecule has 1 nitrogen and oxygen atoms in total. The summed E-state index contributed by atoms with van der Waals surface area (Å²) in [6.07, 6.45) is 2.72. The van der Waals surface area contributed by atoms with E-state index in [4.69, 9.17) is 4.74 Å². The third kappa shape index (κ3) is 2.01. The van der Waals surface area contributed by atoms with Crippen molar-refractivity contribution >= 4 is 15.9 Å². The van der Waals surface area contributed by atoms with E-state index in [-0.39, 0.29) is 0 Å². The molecular formula is C12H15BrO. The summed E-state index contributed by atoms with van der Waals surface area (Å²) in [5, 5.41) is 0. The van der Waals surface area contributed by atoms with Crippen LogP contribution in [0.4, 0.5) is 0 Å². The highest BCUT2D eigenvalue weighted by Gasteiger charge is 2.25. The zero-order chi connectivity index (χ0) is 9.97. The maximum Gasteiger partial charge on any atom is 0.0741 e. The lowest BCUT2D eigenvalue weighted by atomic mass is 10.0. The second-order valence-electron chi connectivity index (χ2n) is 3.81. The number of benzene rings is 1. The second kappa shape index (κ2) is 4.45. The van der Waals surface area contributed by atoms with Crippen molar-refractivity contribution in [1.29, 1.82) is 0 Å². The fraction of sp³-hybridized carbons (Fsp3) is 0.500. The molecule has 1 fully saturated rings. The summed E-state index contributed by atoms with van der Waals surface area (Å²) in [5.41, 5.74) is 2.70. The van der Waals surface area contributed by atoms with Gasteiger partial charge in [0.15, 0.2) is 0 Å². The largest absolute Gasteiger partial charge is 0.377 e. The highest BCUT2D eigenvalue weighted by atomic mass is 79.9. The van der Waals surface area contributed by atoms with E-state index in [0.717, 1.165) is 6.61 Å². The number of hydrogen-bond donors (Lipinski definition) is 0. The molecule has 0 aromatic heterocycles. The van der Waals surface area contributed by atoms with Crippen molar-refractivity contribution in [1.82, 2.24) is 0 Å². The summed E-state index contributed by atoms with van der Waals surface area (Å²) in [4.78, 5) is 0.353. The zero-order valence-electron chi connectivity index (χ0n) is 8.37. The van der Waals surface area contributed by atoms with Crippen LogP contribution in [0.15, 0.2) is 24.3 Å². The molecule has 1 aromatic carbocycles. The van der Waals surface area contributed by atoms with Crippen LogP contribution in [0.25, 0.3) is 0 Å². The van der Waals surface area contributed by atoms with Crippen molar-refractivity contribution in [2.24, 2.45) is 0 Å². The van der Waals surface area contributed by atoms with Crippen molar-refractivity contribution in [2.75, 3.05) is 6.61 Å². The minimum Gasteiger partial charge on any atom is -0.377 e. The monoisotopic (exact) mass is 254 g/mol. The van der Waals surface area contributed by atoms with Gasteiger partial charge in [0.25, 0.3) is 0 Å².